The number of amides is 1. The molecule has 124 valence electrons. The van der Waals surface area contributed by atoms with Crippen LogP contribution in [-0.2, 0) is 6.18 Å². The van der Waals surface area contributed by atoms with E-state index < -0.39 is 11.7 Å². The maximum absolute atomic E-state index is 12.5. The largest absolute Gasteiger partial charge is 0.416 e. The predicted octanol–water partition coefficient (Wildman–Crippen LogP) is 3.80. The van der Waals surface area contributed by atoms with Gasteiger partial charge in [-0.1, -0.05) is 6.07 Å². The van der Waals surface area contributed by atoms with Crippen molar-refractivity contribution in [3.63, 3.8) is 0 Å². The molecule has 3 nitrogen and oxygen atoms in total. The van der Waals surface area contributed by atoms with Crippen molar-refractivity contribution in [3.05, 3.63) is 57.8 Å². The van der Waals surface area contributed by atoms with Crippen LogP contribution in [0.1, 0.15) is 26.8 Å². The van der Waals surface area contributed by atoms with Crippen molar-refractivity contribution in [3.8, 4) is 0 Å². The van der Waals surface area contributed by atoms with Gasteiger partial charge in [-0.15, -0.1) is 11.3 Å². The highest BCUT2D eigenvalue weighted by atomic mass is 32.1. The van der Waals surface area contributed by atoms with E-state index in [1.807, 2.05) is 36.5 Å². The summed E-state index contributed by atoms with van der Waals surface area (Å²) in [6, 6.07) is 8.15. The zero-order valence-corrected chi connectivity index (χ0v) is 13.5. The van der Waals surface area contributed by atoms with Crippen molar-refractivity contribution in [1.29, 1.82) is 0 Å². The van der Waals surface area contributed by atoms with E-state index in [-0.39, 0.29) is 17.5 Å². The van der Waals surface area contributed by atoms with Crippen LogP contribution in [0.25, 0.3) is 0 Å². The summed E-state index contributed by atoms with van der Waals surface area (Å²) >= 11 is 1.59. The molecule has 0 bridgehead atoms. The Morgan fingerprint density at radius 2 is 1.87 bits per heavy atom. The highest BCUT2D eigenvalue weighted by Gasteiger charge is 2.30. The molecule has 1 aromatic heterocycles. The van der Waals surface area contributed by atoms with Gasteiger partial charge in [-0.25, -0.2) is 0 Å². The number of carbonyl (C=O) groups excluding carboxylic acids is 1. The van der Waals surface area contributed by atoms with Crippen molar-refractivity contribution in [2.45, 2.75) is 12.2 Å². The summed E-state index contributed by atoms with van der Waals surface area (Å²) in [5, 5.41) is 4.73. The molecule has 23 heavy (non-hydrogen) atoms. The van der Waals surface area contributed by atoms with Crippen LogP contribution in [0, 0.1) is 0 Å². The summed E-state index contributed by atoms with van der Waals surface area (Å²) in [5.41, 5.74) is -0.555. The van der Waals surface area contributed by atoms with Gasteiger partial charge in [0.05, 0.1) is 11.6 Å². The number of carbonyl (C=O) groups is 1. The SMILES string of the molecule is CN(C)C(CNC(=O)c1ccc(C(F)(F)F)cc1)c1cccs1. The molecule has 1 heterocycles. The zero-order chi connectivity index (χ0) is 17.0. The molecule has 2 rings (SSSR count). The molecule has 0 aliphatic rings. The maximum Gasteiger partial charge on any atom is 0.416 e. The Morgan fingerprint density at radius 1 is 1.22 bits per heavy atom. The van der Waals surface area contributed by atoms with Crippen LogP contribution in [0.2, 0.25) is 0 Å². The number of rotatable bonds is 5. The van der Waals surface area contributed by atoms with Crippen molar-refractivity contribution in [2.75, 3.05) is 20.6 Å². The Labute approximate surface area is 136 Å². The Bertz CT molecular complexity index is 636. The van der Waals surface area contributed by atoms with Crippen LogP contribution >= 0.6 is 11.3 Å². The second-order valence-corrected chi connectivity index (χ2v) is 6.26. The highest BCUT2D eigenvalue weighted by Crippen LogP contribution is 2.29. The topological polar surface area (TPSA) is 32.3 Å². The Kier molecular flexibility index (Phi) is 5.43. The number of hydrogen-bond donors (Lipinski definition) is 1. The first-order valence-corrected chi connectivity index (χ1v) is 7.82. The average Bonchev–Trinajstić information content (AvgIpc) is 3.00. The summed E-state index contributed by atoms with van der Waals surface area (Å²) in [7, 11) is 3.82. The molecule has 1 aromatic carbocycles. The third-order valence-corrected chi connectivity index (χ3v) is 4.40. The molecule has 1 N–H and O–H groups in total. The van der Waals surface area contributed by atoms with Crippen molar-refractivity contribution in [1.82, 2.24) is 10.2 Å². The van der Waals surface area contributed by atoms with E-state index in [4.69, 9.17) is 0 Å². The summed E-state index contributed by atoms with van der Waals surface area (Å²) in [4.78, 5) is 15.2. The number of nitrogens with one attached hydrogen (secondary N) is 1. The van der Waals surface area contributed by atoms with Gasteiger partial charge in [-0.2, -0.15) is 13.2 Å². The normalized spacial score (nSPS) is 13.1. The van der Waals surface area contributed by atoms with Crippen LogP contribution in [0.4, 0.5) is 13.2 Å². The van der Waals surface area contributed by atoms with Crippen LogP contribution in [0.3, 0.4) is 0 Å². The standard InChI is InChI=1S/C16H17F3N2OS/c1-21(2)13(14-4-3-9-23-14)10-20-15(22)11-5-7-12(8-6-11)16(17,18)19/h3-9,13H,10H2,1-2H3,(H,20,22). The number of nitrogens with zero attached hydrogens (tertiary/aromatic N) is 1. The first-order valence-electron chi connectivity index (χ1n) is 6.94. The molecule has 1 atom stereocenters. The van der Waals surface area contributed by atoms with E-state index in [0.717, 1.165) is 17.0 Å². The van der Waals surface area contributed by atoms with Crippen molar-refractivity contribution in [2.24, 2.45) is 0 Å². The number of likely N-dealkylation sites (N-methyl/N-ethyl adjacent to an activating group) is 1. The number of benzene rings is 1. The van der Waals surface area contributed by atoms with Crippen LogP contribution in [0.5, 0.6) is 0 Å². The van der Waals surface area contributed by atoms with Gasteiger partial charge in [0.2, 0.25) is 0 Å². The minimum atomic E-state index is -4.40. The van der Waals surface area contributed by atoms with Gasteiger partial charge in [-0.3, -0.25) is 4.79 Å². The minimum Gasteiger partial charge on any atom is -0.350 e. The van der Waals surface area contributed by atoms with E-state index >= 15 is 0 Å². The number of halogens is 3. The van der Waals surface area contributed by atoms with Gasteiger partial charge in [0, 0.05) is 17.0 Å². The number of alkyl halides is 3. The molecule has 0 spiro atoms. The molecule has 0 saturated heterocycles. The second-order valence-electron chi connectivity index (χ2n) is 5.28. The molecule has 7 heteroatoms. The van der Waals surface area contributed by atoms with E-state index in [1.54, 1.807) is 11.3 Å². The van der Waals surface area contributed by atoms with Crippen LogP contribution in [0.15, 0.2) is 41.8 Å². The third kappa shape index (κ3) is 4.56. The van der Waals surface area contributed by atoms with Crippen molar-refractivity contribution < 1.29 is 18.0 Å². The lowest BCUT2D eigenvalue weighted by atomic mass is 10.1. The Balaban J connectivity index is 2.01. The van der Waals surface area contributed by atoms with Crippen LogP contribution in [-0.4, -0.2) is 31.4 Å². The first kappa shape index (κ1) is 17.5. The lowest BCUT2D eigenvalue weighted by Gasteiger charge is -2.23. The molecule has 0 fully saturated rings. The highest BCUT2D eigenvalue weighted by molar-refractivity contribution is 7.10. The zero-order valence-electron chi connectivity index (χ0n) is 12.7. The molecular weight excluding hydrogens is 325 g/mol. The Morgan fingerprint density at radius 3 is 2.35 bits per heavy atom. The van der Waals surface area contributed by atoms with E-state index in [0.29, 0.717) is 6.54 Å². The van der Waals surface area contributed by atoms with Gasteiger partial charge < -0.3 is 10.2 Å². The van der Waals surface area contributed by atoms with Crippen molar-refractivity contribution >= 4 is 17.2 Å². The molecule has 2 aromatic rings. The summed E-state index contributed by atoms with van der Waals surface area (Å²) in [6.45, 7) is 0.382. The smallest absolute Gasteiger partial charge is 0.350 e. The van der Waals surface area contributed by atoms with Crippen LogP contribution < -0.4 is 5.32 Å². The van der Waals surface area contributed by atoms with Gasteiger partial charge in [0.15, 0.2) is 0 Å². The van der Waals surface area contributed by atoms with Gasteiger partial charge in [-0.05, 0) is 49.8 Å². The second kappa shape index (κ2) is 7.14. The van der Waals surface area contributed by atoms with Gasteiger partial charge in [0.1, 0.15) is 0 Å². The first-order chi connectivity index (χ1) is 10.8. The fourth-order valence-corrected chi connectivity index (χ4v) is 3.04. The quantitative estimate of drug-likeness (QED) is 0.896. The number of thiophene rings is 1. The maximum atomic E-state index is 12.5. The van der Waals surface area contributed by atoms with Gasteiger partial charge in [0.25, 0.3) is 5.91 Å². The molecule has 1 unspecified atom stereocenters. The summed E-state index contributed by atoms with van der Waals surface area (Å²) < 4.78 is 37.5. The van der Waals surface area contributed by atoms with E-state index in [9.17, 15) is 18.0 Å². The Hall–Kier alpha value is -1.86. The summed E-state index contributed by atoms with van der Waals surface area (Å²) in [6.07, 6.45) is -4.40. The minimum absolute atomic E-state index is 0.0217. The van der Waals surface area contributed by atoms with Gasteiger partial charge >= 0.3 is 6.18 Å². The lowest BCUT2D eigenvalue weighted by Crippen LogP contribution is -2.34. The molecule has 0 aliphatic carbocycles. The molecule has 1 amide bonds. The fraction of sp³-hybridized carbons (Fsp3) is 0.312. The fourth-order valence-electron chi connectivity index (χ4n) is 2.12. The predicted molar refractivity (Wildman–Crippen MR) is 84.5 cm³/mol. The number of hydrogen-bond acceptors (Lipinski definition) is 3. The molecule has 0 aliphatic heterocycles. The third-order valence-electron chi connectivity index (χ3n) is 3.43. The monoisotopic (exact) mass is 342 g/mol. The lowest BCUT2D eigenvalue weighted by molar-refractivity contribution is -0.137. The molecule has 0 radical (unpaired) electrons. The molecule has 0 saturated carbocycles. The van der Waals surface area contributed by atoms with E-state index in [1.165, 1.54) is 12.1 Å². The summed E-state index contributed by atoms with van der Waals surface area (Å²) in [5.74, 6) is -0.387. The molecular formula is C16H17F3N2OS. The average molecular weight is 342 g/mol. The van der Waals surface area contributed by atoms with E-state index in [2.05, 4.69) is 5.32 Å².